The summed E-state index contributed by atoms with van der Waals surface area (Å²) in [6.45, 7) is 0. The number of H-pyrrole nitrogens is 2. The van der Waals surface area contributed by atoms with E-state index in [1.54, 1.807) is 0 Å². The summed E-state index contributed by atoms with van der Waals surface area (Å²) in [6.07, 6.45) is 12.0. The van der Waals surface area contributed by atoms with Crippen molar-refractivity contribution in [1.29, 1.82) is 0 Å². The summed E-state index contributed by atoms with van der Waals surface area (Å²) >= 11 is 0. The zero-order valence-corrected chi connectivity index (χ0v) is 13.4. The van der Waals surface area contributed by atoms with E-state index in [1.807, 2.05) is 30.5 Å². The maximum atomic E-state index is 12.1. The van der Waals surface area contributed by atoms with Crippen molar-refractivity contribution in [2.24, 2.45) is 0 Å². The molecule has 1 aliphatic carbocycles. The van der Waals surface area contributed by atoms with Gasteiger partial charge in [-0.2, -0.15) is 0 Å². The van der Waals surface area contributed by atoms with Crippen LogP contribution in [0.15, 0.2) is 59.6 Å². The molecule has 24 heavy (non-hydrogen) atoms. The van der Waals surface area contributed by atoms with E-state index in [2.05, 4.69) is 39.2 Å². The zero-order chi connectivity index (χ0) is 16.4. The highest BCUT2D eigenvalue weighted by atomic mass is 16.1. The van der Waals surface area contributed by atoms with Gasteiger partial charge in [0.05, 0.1) is 11.9 Å². The van der Waals surface area contributed by atoms with Crippen LogP contribution in [-0.4, -0.2) is 15.0 Å². The molecule has 120 valence electrons. The van der Waals surface area contributed by atoms with Crippen LogP contribution in [0.3, 0.4) is 0 Å². The van der Waals surface area contributed by atoms with E-state index in [1.165, 1.54) is 5.57 Å². The van der Waals surface area contributed by atoms with Gasteiger partial charge in [-0.15, -0.1) is 0 Å². The predicted molar refractivity (Wildman–Crippen MR) is 96.9 cm³/mol. The van der Waals surface area contributed by atoms with Gasteiger partial charge >= 0.3 is 0 Å². The Labute approximate surface area is 140 Å². The molecule has 4 heteroatoms. The number of hydrogen-bond donors (Lipinski definition) is 2. The Hall–Kier alpha value is -2.88. The Morgan fingerprint density at radius 3 is 2.92 bits per heavy atom. The second kappa shape index (κ2) is 6.32. The fourth-order valence-electron chi connectivity index (χ4n) is 3.13. The number of nitrogens with zero attached hydrogens (tertiary/aromatic N) is 1. The third kappa shape index (κ3) is 2.95. The summed E-state index contributed by atoms with van der Waals surface area (Å²) in [5.41, 5.74) is 3.32. The summed E-state index contributed by atoms with van der Waals surface area (Å²) in [5, 5.41) is 1.72. The van der Waals surface area contributed by atoms with Crippen LogP contribution in [0.2, 0.25) is 0 Å². The largest absolute Gasteiger partial charge is 0.342 e. The van der Waals surface area contributed by atoms with E-state index in [0.29, 0.717) is 0 Å². The normalized spacial score (nSPS) is 14.1. The van der Waals surface area contributed by atoms with Crippen LogP contribution in [0.25, 0.3) is 16.3 Å². The van der Waals surface area contributed by atoms with Crippen LogP contribution in [0.1, 0.15) is 30.1 Å². The van der Waals surface area contributed by atoms with Crippen molar-refractivity contribution in [3.63, 3.8) is 0 Å². The van der Waals surface area contributed by atoms with Crippen molar-refractivity contribution in [3.8, 4) is 0 Å². The van der Waals surface area contributed by atoms with Gasteiger partial charge in [-0.25, -0.2) is 4.98 Å². The number of benzene rings is 1. The van der Waals surface area contributed by atoms with E-state index in [0.717, 1.165) is 53.7 Å². The smallest absolute Gasteiger partial charge is 0.256 e. The molecule has 1 aromatic carbocycles. The van der Waals surface area contributed by atoms with Crippen molar-refractivity contribution in [3.05, 3.63) is 82.3 Å². The lowest BCUT2D eigenvalue weighted by Crippen LogP contribution is -2.10. The summed E-state index contributed by atoms with van der Waals surface area (Å²) in [5.74, 6) is 0.953. The monoisotopic (exact) mass is 317 g/mol. The first kappa shape index (κ1) is 14.7. The van der Waals surface area contributed by atoms with E-state index >= 15 is 0 Å². The Morgan fingerprint density at radius 1 is 1.12 bits per heavy atom. The second-order valence-corrected chi connectivity index (χ2v) is 6.11. The van der Waals surface area contributed by atoms with Crippen molar-refractivity contribution in [2.75, 3.05) is 0 Å². The first-order chi connectivity index (χ1) is 11.8. The van der Waals surface area contributed by atoms with Crippen LogP contribution >= 0.6 is 0 Å². The van der Waals surface area contributed by atoms with Crippen molar-refractivity contribution >= 4 is 16.3 Å². The first-order valence-electron chi connectivity index (χ1n) is 8.30. The van der Waals surface area contributed by atoms with E-state index in [4.69, 9.17) is 0 Å². The average Bonchev–Trinajstić information content (AvgIpc) is 3.10. The molecule has 2 heterocycles. The Bertz CT molecular complexity index is 991. The highest BCUT2D eigenvalue weighted by Crippen LogP contribution is 2.22. The Kier molecular flexibility index (Phi) is 3.87. The van der Waals surface area contributed by atoms with Gasteiger partial charge in [0.1, 0.15) is 5.82 Å². The van der Waals surface area contributed by atoms with Crippen LogP contribution in [0, 0.1) is 0 Å². The van der Waals surface area contributed by atoms with E-state index < -0.39 is 0 Å². The highest BCUT2D eigenvalue weighted by molar-refractivity contribution is 5.81. The van der Waals surface area contributed by atoms with Crippen LogP contribution in [0.5, 0.6) is 0 Å². The summed E-state index contributed by atoms with van der Waals surface area (Å²) in [6, 6.07) is 9.72. The lowest BCUT2D eigenvalue weighted by atomic mass is 10.0. The molecule has 0 saturated carbocycles. The van der Waals surface area contributed by atoms with Gasteiger partial charge < -0.3 is 9.97 Å². The van der Waals surface area contributed by atoms with Gasteiger partial charge in [0.25, 0.3) is 5.56 Å². The summed E-state index contributed by atoms with van der Waals surface area (Å²) in [4.78, 5) is 23.0. The topological polar surface area (TPSA) is 61.5 Å². The Morgan fingerprint density at radius 2 is 2.04 bits per heavy atom. The molecule has 1 aliphatic rings. The van der Waals surface area contributed by atoms with E-state index in [9.17, 15) is 4.79 Å². The zero-order valence-electron chi connectivity index (χ0n) is 13.4. The minimum Gasteiger partial charge on any atom is -0.342 e. The molecule has 0 fully saturated rings. The van der Waals surface area contributed by atoms with Gasteiger partial charge in [-0.3, -0.25) is 4.79 Å². The molecular weight excluding hydrogens is 298 g/mol. The molecule has 0 radical (unpaired) electrons. The van der Waals surface area contributed by atoms with Gasteiger partial charge in [0.2, 0.25) is 0 Å². The summed E-state index contributed by atoms with van der Waals surface area (Å²) < 4.78 is 0. The number of imidazole rings is 1. The lowest BCUT2D eigenvalue weighted by Gasteiger charge is -2.06. The second-order valence-electron chi connectivity index (χ2n) is 6.11. The van der Waals surface area contributed by atoms with Crippen molar-refractivity contribution < 1.29 is 0 Å². The number of rotatable bonds is 4. The number of hydrogen-bond acceptors (Lipinski definition) is 2. The number of fused-ring (bicyclic) bond motifs is 1. The number of aromatic nitrogens is 3. The number of allylic oxidation sites excluding steroid dienone is 4. The molecule has 0 saturated heterocycles. The van der Waals surface area contributed by atoms with E-state index in [-0.39, 0.29) is 5.56 Å². The van der Waals surface area contributed by atoms with Gasteiger partial charge in [-0.05, 0) is 42.4 Å². The fourth-order valence-corrected chi connectivity index (χ4v) is 3.13. The Balaban J connectivity index is 1.51. The maximum absolute atomic E-state index is 12.1. The molecule has 2 aromatic heterocycles. The molecule has 4 nitrogen and oxygen atoms in total. The number of aromatic amines is 2. The molecular formula is C20H19N3O. The van der Waals surface area contributed by atoms with Crippen LogP contribution in [0.4, 0.5) is 0 Å². The molecule has 0 aliphatic heterocycles. The van der Waals surface area contributed by atoms with Gasteiger partial charge in [0, 0.05) is 17.5 Å². The highest BCUT2D eigenvalue weighted by Gasteiger charge is 2.08. The maximum Gasteiger partial charge on any atom is 0.256 e. The van der Waals surface area contributed by atoms with Crippen LogP contribution in [-0.2, 0) is 12.8 Å². The molecule has 3 aromatic rings. The standard InChI is InChI=1S/C20H19N3O/c24-20-17-9-5-4-8-15(17)12-16(22-20)10-11-19-21-13-18(23-19)14-6-2-1-3-7-14/h1-2,4-6,8-9,12-13H,3,7,10-11H2,(H,21,23)(H,22,24). The molecule has 0 amide bonds. The third-order valence-corrected chi connectivity index (χ3v) is 4.43. The molecule has 0 atom stereocenters. The number of pyridine rings is 1. The number of aryl methyl sites for hydroxylation is 2. The first-order valence-corrected chi connectivity index (χ1v) is 8.30. The van der Waals surface area contributed by atoms with Crippen molar-refractivity contribution in [2.45, 2.75) is 25.7 Å². The predicted octanol–water partition coefficient (Wildman–Crippen LogP) is 3.77. The minimum atomic E-state index is -0.0256. The molecule has 0 bridgehead atoms. The van der Waals surface area contributed by atoms with Gasteiger partial charge in [0.15, 0.2) is 0 Å². The molecule has 2 N–H and O–H groups in total. The fraction of sp³-hybridized carbons (Fsp3) is 0.200. The minimum absolute atomic E-state index is 0.0256. The molecule has 0 spiro atoms. The SMILES string of the molecule is O=c1[nH]c(CCc2ncc(C3=CC=CCC3)[nH]2)cc2ccccc12. The lowest BCUT2D eigenvalue weighted by molar-refractivity contribution is 0.853. The van der Waals surface area contributed by atoms with Gasteiger partial charge in [-0.1, -0.05) is 36.4 Å². The third-order valence-electron chi connectivity index (χ3n) is 4.43. The quantitative estimate of drug-likeness (QED) is 0.769. The number of nitrogens with one attached hydrogen (secondary N) is 2. The van der Waals surface area contributed by atoms with Crippen molar-refractivity contribution in [1.82, 2.24) is 15.0 Å². The summed E-state index contributed by atoms with van der Waals surface area (Å²) in [7, 11) is 0. The van der Waals surface area contributed by atoms with Crippen LogP contribution < -0.4 is 5.56 Å². The molecule has 0 unspecified atom stereocenters. The molecule has 4 rings (SSSR count). The average molecular weight is 317 g/mol.